The van der Waals surface area contributed by atoms with E-state index in [2.05, 4.69) is 9.97 Å². The molecule has 5 nitrogen and oxygen atoms in total. The Bertz CT molecular complexity index is 890. The number of nitrogens with zero attached hydrogens (tertiary/aromatic N) is 3. The van der Waals surface area contributed by atoms with Gasteiger partial charge in [-0.1, -0.05) is 30.3 Å². The Labute approximate surface area is 152 Å². The standard InChI is InChI=1S/C21H21N3O2/c25-21(20-14-22-18-8-4-5-9-19(18)23-20)24-12-10-16(11-13-24)15-26-17-6-2-1-3-7-17/h1-9,14,16H,10-13,15H2. The number of benzene rings is 2. The van der Waals surface area contributed by atoms with Crippen LogP contribution in [0.2, 0.25) is 0 Å². The summed E-state index contributed by atoms with van der Waals surface area (Å²) in [6.07, 6.45) is 3.47. The van der Waals surface area contributed by atoms with Crippen molar-refractivity contribution in [3.05, 3.63) is 66.5 Å². The zero-order valence-corrected chi connectivity index (χ0v) is 14.5. The molecule has 3 aromatic rings. The fourth-order valence-corrected chi connectivity index (χ4v) is 3.26. The quantitative estimate of drug-likeness (QED) is 0.724. The van der Waals surface area contributed by atoms with Gasteiger partial charge in [0.05, 0.1) is 23.8 Å². The number of para-hydroxylation sites is 3. The SMILES string of the molecule is O=C(c1cnc2ccccc2n1)N1CCC(COc2ccccc2)CC1. The molecule has 1 aromatic heterocycles. The van der Waals surface area contributed by atoms with E-state index >= 15 is 0 Å². The minimum Gasteiger partial charge on any atom is -0.493 e. The summed E-state index contributed by atoms with van der Waals surface area (Å²) < 4.78 is 5.85. The number of amides is 1. The van der Waals surface area contributed by atoms with Crippen LogP contribution in [-0.2, 0) is 0 Å². The summed E-state index contributed by atoms with van der Waals surface area (Å²) in [6, 6.07) is 17.5. The number of hydrogen-bond acceptors (Lipinski definition) is 4. The van der Waals surface area contributed by atoms with Gasteiger partial charge in [0.2, 0.25) is 0 Å². The van der Waals surface area contributed by atoms with Gasteiger partial charge in [-0.25, -0.2) is 4.98 Å². The van der Waals surface area contributed by atoms with Crippen molar-refractivity contribution in [3.8, 4) is 5.75 Å². The largest absolute Gasteiger partial charge is 0.493 e. The average molecular weight is 347 g/mol. The van der Waals surface area contributed by atoms with Crippen molar-refractivity contribution in [2.24, 2.45) is 5.92 Å². The lowest BCUT2D eigenvalue weighted by Crippen LogP contribution is -2.40. The van der Waals surface area contributed by atoms with Crippen molar-refractivity contribution in [1.82, 2.24) is 14.9 Å². The molecule has 1 saturated heterocycles. The van der Waals surface area contributed by atoms with Gasteiger partial charge in [0, 0.05) is 13.1 Å². The maximum atomic E-state index is 12.7. The van der Waals surface area contributed by atoms with E-state index in [1.54, 1.807) is 6.20 Å². The molecule has 132 valence electrons. The van der Waals surface area contributed by atoms with Crippen LogP contribution in [0.15, 0.2) is 60.8 Å². The second kappa shape index (κ2) is 7.52. The molecule has 0 N–H and O–H groups in total. The van der Waals surface area contributed by atoms with Gasteiger partial charge in [0.25, 0.3) is 5.91 Å². The highest BCUT2D eigenvalue weighted by molar-refractivity contribution is 5.93. The molecule has 4 rings (SSSR count). The van der Waals surface area contributed by atoms with E-state index in [1.165, 1.54) is 0 Å². The van der Waals surface area contributed by atoms with Crippen LogP contribution in [0.25, 0.3) is 11.0 Å². The summed E-state index contributed by atoms with van der Waals surface area (Å²) >= 11 is 0. The topological polar surface area (TPSA) is 55.3 Å². The van der Waals surface area contributed by atoms with Gasteiger partial charge >= 0.3 is 0 Å². The van der Waals surface area contributed by atoms with Crippen LogP contribution in [0.4, 0.5) is 0 Å². The van der Waals surface area contributed by atoms with Crippen molar-refractivity contribution in [1.29, 1.82) is 0 Å². The van der Waals surface area contributed by atoms with Gasteiger partial charge in [-0.05, 0) is 43.0 Å². The van der Waals surface area contributed by atoms with E-state index in [4.69, 9.17) is 4.74 Å². The lowest BCUT2D eigenvalue weighted by Gasteiger charge is -2.31. The number of piperidine rings is 1. The summed E-state index contributed by atoms with van der Waals surface area (Å²) in [5.74, 6) is 1.34. The van der Waals surface area contributed by atoms with E-state index in [0.717, 1.165) is 42.7 Å². The number of ether oxygens (including phenoxy) is 1. The summed E-state index contributed by atoms with van der Waals surface area (Å²) in [5, 5.41) is 0. The highest BCUT2D eigenvalue weighted by atomic mass is 16.5. The van der Waals surface area contributed by atoms with Gasteiger partial charge in [0.1, 0.15) is 11.4 Å². The molecule has 5 heteroatoms. The Morgan fingerprint density at radius 1 is 1.00 bits per heavy atom. The first-order valence-corrected chi connectivity index (χ1v) is 8.98. The van der Waals surface area contributed by atoms with Crippen molar-refractivity contribution < 1.29 is 9.53 Å². The van der Waals surface area contributed by atoms with Crippen molar-refractivity contribution >= 4 is 16.9 Å². The highest BCUT2D eigenvalue weighted by Gasteiger charge is 2.25. The summed E-state index contributed by atoms with van der Waals surface area (Å²) in [5.41, 5.74) is 1.98. The molecule has 0 radical (unpaired) electrons. The van der Waals surface area contributed by atoms with Crippen LogP contribution in [0, 0.1) is 5.92 Å². The van der Waals surface area contributed by atoms with E-state index in [-0.39, 0.29) is 5.91 Å². The maximum absolute atomic E-state index is 12.7. The molecule has 1 amide bonds. The smallest absolute Gasteiger partial charge is 0.274 e. The Hall–Kier alpha value is -2.95. The number of carbonyl (C=O) groups excluding carboxylic acids is 1. The third-order valence-electron chi connectivity index (χ3n) is 4.80. The Kier molecular flexibility index (Phi) is 4.78. The van der Waals surface area contributed by atoms with Crippen LogP contribution >= 0.6 is 0 Å². The van der Waals surface area contributed by atoms with Crippen LogP contribution < -0.4 is 4.74 Å². The Morgan fingerprint density at radius 3 is 2.46 bits per heavy atom. The number of fused-ring (bicyclic) bond motifs is 1. The summed E-state index contributed by atoms with van der Waals surface area (Å²) in [6.45, 7) is 2.16. The van der Waals surface area contributed by atoms with Gasteiger partial charge in [-0.2, -0.15) is 0 Å². The van der Waals surface area contributed by atoms with Crippen molar-refractivity contribution in [3.63, 3.8) is 0 Å². The first-order valence-electron chi connectivity index (χ1n) is 8.98. The third-order valence-corrected chi connectivity index (χ3v) is 4.80. The second-order valence-electron chi connectivity index (χ2n) is 6.60. The van der Waals surface area contributed by atoms with Gasteiger partial charge in [0.15, 0.2) is 0 Å². The normalized spacial score (nSPS) is 15.2. The number of hydrogen-bond donors (Lipinski definition) is 0. The van der Waals surface area contributed by atoms with Gasteiger partial charge < -0.3 is 9.64 Å². The molecule has 1 fully saturated rings. The predicted octanol–water partition coefficient (Wildman–Crippen LogP) is 3.56. The molecule has 2 heterocycles. The van der Waals surface area contributed by atoms with Crippen LogP contribution in [0.5, 0.6) is 5.75 Å². The fourth-order valence-electron chi connectivity index (χ4n) is 3.26. The molecule has 0 saturated carbocycles. The third kappa shape index (κ3) is 3.67. The molecular weight excluding hydrogens is 326 g/mol. The molecule has 0 unspecified atom stereocenters. The fraction of sp³-hybridized carbons (Fsp3) is 0.286. The second-order valence-corrected chi connectivity index (χ2v) is 6.60. The van der Waals surface area contributed by atoms with E-state index in [1.807, 2.05) is 59.5 Å². The van der Waals surface area contributed by atoms with Crippen molar-refractivity contribution in [2.75, 3.05) is 19.7 Å². The number of carbonyl (C=O) groups is 1. The molecule has 1 aliphatic rings. The number of aromatic nitrogens is 2. The lowest BCUT2D eigenvalue weighted by molar-refractivity contribution is 0.0655. The molecule has 0 aliphatic carbocycles. The zero-order valence-electron chi connectivity index (χ0n) is 14.5. The predicted molar refractivity (Wildman–Crippen MR) is 100 cm³/mol. The number of rotatable bonds is 4. The van der Waals surface area contributed by atoms with E-state index < -0.39 is 0 Å². The maximum Gasteiger partial charge on any atom is 0.274 e. The van der Waals surface area contributed by atoms with E-state index in [9.17, 15) is 4.79 Å². The monoisotopic (exact) mass is 347 g/mol. The van der Waals surface area contributed by atoms with Crippen molar-refractivity contribution in [2.45, 2.75) is 12.8 Å². The van der Waals surface area contributed by atoms with E-state index in [0.29, 0.717) is 18.2 Å². The van der Waals surface area contributed by atoms with Gasteiger partial charge in [-0.15, -0.1) is 0 Å². The first-order chi connectivity index (χ1) is 12.8. The molecular formula is C21H21N3O2. The molecule has 1 aliphatic heterocycles. The van der Waals surface area contributed by atoms with Crippen LogP contribution in [-0.4, -0.2) is 40.5 Å². The zero-order chi connectivity index (χ0) is 17.8. The highest BCUT2D eigenvalue weighted by Crippen LogP contribution is 2.21. The Balaban J connectivity index is 1.34. The molecule has 0 bridgehead atoms. The summed E-state index contributed by atoms with van der Waals surface area (Å²) in [7, 11) is 0. The molecule has 0 atom stereocenters. The van der Waals surface area contributed by atoms with Crippen LogP contribution in [0.1, 0.15) is 23.3 Å². The molecule has 26 heavy (non-hydrogen) atoms. The van der Waals surface area contributed by atoms with Crippen LogP contribution in [0.3, 0.4) is 0 Å². The lowest BCUT2D eigenvalue weighted by atomic mass is 9.97. The minimum atomic E-state index is -0.0364. The first kappa shape index (κ1) is 16.5. The Morgan fingerprint density at radius 2 is 1.69 bits per heavy atom. The molecule has 2 aromatic carbocycles. The van der Waals surface area contributed by atoms with Gasteiger partial charge in [-0.3, -0.25) is 9.78 Å². The molecule has 0 spiro atoms. The minimum absolute atomic E-state index is 0.0364. The average Bonchev–Trinajstić information content (AvgIpc) is 2.72. The number of likely N-dealkylation sites (tertiary alicyclic amines) is 1. The summed E-state index contributed by atoms with van der Waals surface area (Å²) in [4.78, 5) is 23.4.